The first-order valence-corrected chi connectivity index (χ1v) is 8.71. The van der Waals surface area contributed by atoms with Crippen molar-refractivity contribution in [3.8, 4) is 11.3 Å². The Morgan fingerprint density at radius 2 is 1.96 bits per heavy atom. The second-order valence-corrected chi connectivity index (χ2v) is 6.27. The van der Waals surface area contributed by atoms with Crippen LogP contribution in [-0.2, 0) is 0 Å². The van der Waals surface area contributed by atoms with Gasteiger partial charge in [0.1, 0.15) is 11.6 Å². The van der Waals surface area contributed by atoms with Gasteiger partial charge in [0.2, 0.25) is 0 Å². The first-order valence-electron chi connectivity index (χ1n) is 8.71. The summed E-state index contributed by atoms with van der Waals surface area (Å²) in [5.74, 6) is 2.06. The van der Waals surface area contributed by atoms with Crippen LogP contribution in [0.1, 0.15) is 24.6 Å². The van der Waals surface area contributed by atoms with Crippen molar-refractivity contribution >= 4 is 11.5 Å². The highest BCUT2D eigenvalue weighted by Crippen LogP contribution is 2.26. The van der Waals surface area contributed by atoms with E-state index in [4.69, 9.17) is 9.97 Å². The van der Waals surface area contributed by atoms with Crippen LogP contribution in [0.15, 0.2) is 60.9 Å². The molecule has 0 aliphatic carbocycles. The summed E-state index contributed by atoms with van der Waals surface area (Å²) in [7, 11) is 0. The van der Waals surface area contributed by atoms with E-state index < -0.39 is 0 Å². The van der Waals surface area contributed by atoms with E-state index in [1.807, 2.05) is 54.7 Å². The molecule has 0 spiro atoms. The molecule has 0 radical (unpaired) electrons. The Kier molecular flexibility index (Phi) is 4.65. The number of hydrogen-bond acceptors (Lipinski definition) is 5. The van der Waals surface area contributed by atoms with E-state index in [-0.39, 0.29) is 0 Å². The summed E-state index contributed by atoms with van der Waals surface area (Å²) in [6, 6.07) is 16.1. The van der Waals surface area contributed by atoms with E-state index in [0.29, 0.717) is 5.92 Å². The summed E-state index contributed by atoms with van der Waals surface area (Å²) in [5.41, 5.74) is 2.93. The first-order chi connectivity index (χ1) is 12.4. The normalized spacial score (nSPS) is 17.2. The topological polar surface area (TPSA) is 62.7 Å². The van der Waals surface area contributed by atoms with Crippen LogP contribution >= 0.6 is 0 Å². The monoisotopic (exact) mass is 331 g/mol. The molecule has 1 saturated heterocycles. The number of para-hydroxylation sites is 1. The number of rotatable bonds is 4. The zero-order chi connectivity index (χ0) is 16.9. The van der Waals surface area contributed by atoms with Crippen LogP contribution in [0.4, 0.5) is 11.5 Å². The van der Waals surface area contributed by atoms with Gasteiger partial charge in [0.15, 0.2) is 0 Å². The summed E-state index contributed by atoms with van der Waals surface area (Å²) < 4.78 is 0. The Bertz CT molecular complexity index is 814. The average molecular weight is 331 g/mol. The predicted molar refractivity (Wildman–Crippen MR) is 99.8 cm³/mol. The molecule has 1 aromatic carbocycles. The molecule has 1 aliphatic heterocycles. The third-order valence-corrected chi connectivity index (χ3v) is 4.41. The molecule has 126 valence electrons. The Morgan fingerprint density at radius 1 is 1.04 bits per heavy atom. The van der Waals surface area contributed by atoms with Crippen LogP contribution in [0.2, 0.25) is 0 Å². The fourth-order valence-corrected chi connectivity index (χ4v) is 3.12. The summed E-state index contributed by atoms with van der Waals surface area (Å²) >= 11 is 0. The van der Waals surface area contributed by atoms with Gasteiger partial charge >= 0.3 is 0 Å². The van der Waals surface area contributed by atoms with Crippen molar-refractivity contribution in [1.82, 2.24) is 20.3 Å². The minimum Gasteiger partial charge on any atom is -0.340 e. The highest BCUT2D eigenvalue weighted by molar-refractivity contribution is 5.65. The molecule has 3 aromatic rings. The zero-order valence-electron chi connectivity index (χ0n) is 14.0. The molecule has 5 nitrogen and oxygen atoms in total. The maximum absolute atomic E-state index is 4.84. The second kappa shape index (κ2) is 7.40. The van der Waals surface area contributed by atoms with Crippen LogP contribution in [0.3, 0.4) is 0 Å². The molecule has 3 heterocycles. The maximum Gasteiger partial charge on any atom is 0.135 e. The molecule has 0 saturated carbocycles. The molecule has 1 atom stereocenters. The van der Waals surface area contributed by atoms with Crippen molar-refractivity contribution in [2.45, 2.75) is 18.8 Å². The summed E-state index contributed by atoms with van der Waals surface area (Å²) in [6.45, 7) is 2.01. The summed E-state index contributed by atoms with van der Waals surface area (Å²) in [6.07, 6.45) is 5.90. The van der Waals surface area contributed by atoms with Crippen molar-refractivity contribution in [1.29, 1.82) is 0 Å². The maximum atomic E-state index is 4.84. The molecule has 1 aliphatic rings. The summed E-state index contributed by atoms with van der Waals surface area (Å²) in [5, 5.41) is 6.85. The van der Waals surface area contributed by atoms with E-state index in [0.717, 1.165) is 54.5 Å². The van der Waals surface area contributed by atoms with E-state index in [2.05, 4.69) is 15.6 Å². The highest BCUT2D eigenvalue weighted by atomic mass is 15.0. The number of hydrogen-bond donors (Lipinski definition) is 2. The number of pyridine rings is 1. The molecule has 1 fully saturated rings. The van der Waals surface area contributed by atoms with Crippen LogP contribution < -0.4 is 10.6 Å². The molecule has 25 heavy (non-hydrogen) atoms. The Labute approximate surface area is 147 Å². The van der Waals surface area contributed by atoms with Gasteiger partial charge in [0.25, 0.3) is 0 Å². The highest BCUT2D eigenvalue weighted by Gasteiger charge is 2.19. The standard InChI is InChI=1S/C20H21N5/c1-2-8-17(9-3-1)23-19-12-18(15-6-4-10-21-13-15)24-20(25-19)16-7-5-11-22-14-16/h1-4,6,8-10,12-13,16,22H,5,7,11,14H2,(H,23,24,25). The van der Waals surface area contributed by atoms with Gasteiger partial charge in [0, 0.05) is 42.2 Å². The average Bonchev–Trinajstić information content (AvgIpc) is 2.70. The zero-order valence-corrected chi connectivity index (χ0v) is 14.0. The molecule has 1 unspecified atom stereocenters. The van der Waals surface area contributed by atoms with Crippen molar-refractivity contribution in [3.63, 3.8) is 0 Å². The van der Waals surface area contributed by atoms with Gasteiger partial charge in [-0.15, -0.1) is 0 Å². The lowest BCUT2D eigenvalue weighted by atomic mass is 9.98. The Balaban J connectivity index is 1.72. The smallest absolute Gasteiger partial charge is 0.135 e. The number of benzene rings is 1. The molecule has 0 bridgehead atoms. The quantitative estimate of drug-likeness (QED) is 0.762. The van der Waals surface area contributed by atoms with E-state index in [1.54, 1.807) is 6.20 Å². The van der Waals surface area contributed by atoms with E-state index in [1.165, 1.54) is 0 Å². The second-order valence-electron chi connectivity index (χ2n) is 6.27. The molecule has 2 aromatic heterocycles. The van der Waals surface area contributed by atoms with Crippen LogP contribution in [0.25, 0.3) is 11.3 Å². The minimum atomic E-state index is 0.349. The lowest BCUT2D eigenvalue weighted by molar-refractivity contribution is 0.447. The van der Waals surface area contributed by atoms with Crippen molar-refractivity contribution < 1.29 is 0 Å². The van der Waals surface area contributed by atoms with Crippen LogP contribution in [0, 0.1) is 0 Å². The SMILES string of the molecule is c1ccc(Nc2cc(-c3cccnc3)nc(C3CCCNC3)n2)cc1. The number of nitrogens with one attached hydrogen (secondary N) is 2. The lowest BCUT2D eigenvalue weighted by Crippen LogP contribution is -2.29. The van der Waals surface area contributed by atoms with Gasteiger partial charge in [-0.2, -0.15) is 0 Å². The first kappa shape index (κ1) is 15.7. The molecule has 5 heteroatoms. The van der Waals surface area contributed by atoms with Crippen molar-refractivity contribution in [3.05, 3.63) is 66.7 Å². The minimum absolute atomic E-state index is 0.349. The van der Waals surface area contributed by atoms with Crippen LogP contribution in [0.5, 0.6) is 0 Å². The largest absolute Gasteiger partial charge is 0.340 e. The summed E-state index contributed by atoms with van der Waals surface area (Å²) in [4.78, 5) is 13.9. The number of nitrogens with zero attached hydrogens (tertiary/aromatic N) is 3. The molecule has 4 rings (SSSR count). The van der Waals surface area contributed by atoms with Crippen molar-refractivity contribution in [2.75, 3.05) is 18.4 Å². The van der Waals surface area contributed by atoms with E-state index in [9.17, 15) is 0 Å². The van der Waals surface area contributed by atoms with Gasteiger partial charge in [0.05, 0.1) is 5.69 Å². The lowest BCUT2D eigenvalue weighted by Gasteiger charge is -2.22. The molecular weight excluding hydrogens is 310 g/mol. The molecular formula is C20H21N5. The molecule has 2 N–H and O–H groups in total. The van der Waals surface area contributed by atoms with Gasteiger partial charge in [-0.1, -0.05) is 18.2 Å². The third-order valence-electron chi connectivity index (χ3n) is 4.41. The van der Waals surface area contributed by atoms with Gasteiger partial charge in [-0.25, -0.2) is 9.97 Å². The van der Waals surface area contributed by atoms with Crippen molar-refractivity contribution in [2.24, 2.45) is 0 Å². The number of anilines is 2. The Hall–Kier alpha value is -2.79. The Morgan fingerprint density at radius 3 is 2.72 bits per heavy atom. The third kappa shape index (κ3) is 3.83. The fraction of sp³-hybridized carbons (Fsp3) is 0.250. The van der Waals surface area contributed by atoms with Gasteiger partial charge < -0.3 is 10.6 Å². The fourth-order valence-electron chi connectivity index (χ4n) is 3.12. The number of aromatic nitrogens is 3. The number of piperidine rings is 1. The van der Waals surface area contributed by atoms with E-state index >= 15 is 0 Å². The molecule has 0 amide bonds. The van der Waals surface area contributed by atoms with Gasteiger partial charge in [-0.3, -0.25) is 4.98 Å². The van der Waals surface area contributed by atoms with Gasteiger partial charge in [-0.05, 0) is 43.7 Å². The predicted octanol–water partition coefficient (Wildman–Crippen LogP) is 3.75. The van der Waals surface area contributed by atoms with Crippen LogP contribution in [-0.4, -0.2) is 28.0 Å².